The molecular weight excluding hydrogens is 238 g/mol. The quantitative estimate of drug-likeness (QED) is 0.430. The minimum Gasteiger partial charge on any atom is -0.462 e. The molecule has 0 saturated heterocycles. The van der Waals surface area contributed by atoms with Crippen molar-refractivity contribution >= 4 is 5.97 Å². The van der Waals surface area contributed by atoms with Gasteiger partial charge in [0, 0.05) is 0 Å². The summed E-state index contributed by atoms with van der Waals surface area (Å²) in [4.78, 5) is 11.7. The number of nitriles is 1. The molecule has 3 heteroatoms. The molecule has 3 nitrogen and oxygen atoms in total. The first-order chi connectivity index (χ1) is 9.21. The van der Waals surface area contributed by atoms with Crippen molar-refractivity contribution in [3.63, 3.8) is 0 Å². The number of carbonyl (C=O) groups excluding carboxylic acids is 1. The fourth-order valence-corrected chi connectivity index (χ4v) is 3.61. The molecule has 2 fully saturated rings. The number of hydrogen-bond donors (Lipinski definition) is 0. The zero-order valence-electron chi connectivity index (χ0n) is 11.8. The second kappa shape index (κ2) is 6.23. The molecule has 0 bridgehead atoms. The predicted octanol–water partition coefficient (Wildman–Crippen LogP) is 3.89. The van der Waals surface area contributed by atoms with Crippen LogP contribution in [0.25, 0.3) is 0 Å². The van der Waals surface area contributed by atoms with E-state index in [4.69, 9.17) is 10.00 Å². The molecule has 0 radical (unpaired) electrons. The van der Waals surface area contributed by atoms with Crippen molar-refractivity contribution in [2.24, 2.45) is 5.41 Å². The van der Waals surface area contributed by atoms with Crippen LogP contribution in [-0.4, -0.2) is 12.6 Å². The molecule has 2 aliphatic carbocycles. The third-order valence-electron chi connectivity index (χ3n) is 4.77. The van der Waals surface area contributed by atoms with Crippen LogP contribution in [0.15, 0.2) is 11.1 Å². The van der Waals surface area contributed by atoms with E-state index >= 15 is 0 Å². The summed E-state index contributed by atoms with van der Waals surface area (Å²) in [5, 5.41) is 9.17. The van der Waals surface area contributed by atoms with E-state index in [1.807, 2.05) is 0 Å². The molecule has 2 aliphatic rings. The van der Waals surface area contributed by atoms with E-state index < -0.39 is 5.97 Å². The Kier molecular flexibility index (Phi) is 4.63. The van der Waals surface area contributed by atoms with Gasteiger partial charge < -0.3 is 4.74 Å². The van der Waals surface area contributed by atoms with E-state index in [1.165, 1.54) is 32.1 Å². The van der Waals surface area contributed by atoms with Crippen molar-refractivity contribution in [2.75, 3.05) is 6.61 Å². The smallest absolute Gasteiger partial charge is 0.348 e. The van der Waals surface area contributed by atoms with Gasteiger partial charge in [0.05, 0.1) is 6.61 Å². The Labute approximate surface area is 115 Å². The molecule has 0 heterocycles. The largest absolute Gasteiger partial charge is 0.462 e. The molecular formula is C16H23NO2. The topological polar surface area (TPSA) is 50.1 Å². The van der Waals surface area contributed by atoms with Crippen molar-refractivity contribution in [2.45, 2.75) is 64.7 Å². The van der Waals surface area contributed by atoms with Crippen molar-refractivity contribution < 1.29 is 9.53 Å². The van der Waals surface area contributed by atoms with Crippen LogP contribution in [0.5, 0.6) is 0 Å². The Balaban J connectivity index is 2.05. The lowest BCUT2D eigenvalue weighted by Crippen LogP contribution is -2.28. The summed E-state index contributed by atoms with van der Waals surface area (Å²) < 4.78 is 4.97. The maximum Gasteiger partial charge on any atom is 0.348 e. The number of esters is 1. The number of allylic oxidation sites excluding steroid dienone is 1. The van der Waals surface area contributed by atoms with Crippen LogP contribution in [-0.2, 0) is 9.53 Å². The van der Waals surface area contributed by atoms with Crippen molar-refractivity contribution in [1.29, 1.82) is 5.26 Å². The second-order valence-electron chi connectivity index (χ2n) is 5.87. The predicted molar refractivity (Wildman–Crippen MR) is 73.3 cm³/mol. The summed E-state index contributed by atoms with van der Waals surface area (Å²) in [6.45, 7) is 2.11. The average molecular weight is 261 g/mol. The number of ether oxygens (including phenoxy) is 1. The Morgan fingerprint density at radius 3 is 2.37 bits per heavy atom. The molecule has 0 atom stereocenters. The highest BCUT2D eigenvalue weighted by Gasteiger charge is 2.35. The molecule has 19 heavy (non-hydrogen) atoms. The highest BCUT2D eigenvalue weighted by atomic mass is 16.5. The van der Waals surface area contributed by atoms with Crippen molar-refractivity contribution in [3.8, 4) is 6.07 Å². The normalized spacial score (nSPS) is 21.8. The van der Waals surface area contributed by atoms with Crippen LogP contribution in [0.1, 0.15) is 64.7 Å². The molecule has 0 N–H and O–H groups in total. The molecule has 2 saturated carbocycles. The summed E-state index contributed by atoms with van der Waals surface area (Å²) in [5.74, 6) is -0.431. The Bertz CT molecular complexity index is 399. The Morgan fingerprint density at radius 1 is 1.21 bits per heavy atom. The molecule has 0 aliphatic heterocycles. The molecule has 2 rings (SSSR count). The first kappa shape index (κ1) is 14.1. The maximum absolute atomic E-state index is 11.7. The molecule has 0 aromatic rings. The summed E-state index contributed by atoms with van der Waals surface area (Å²) >= 11 is 0. The lowest BCUT2D eigenvalue weighted by molar-refractivity contribution is -0.138. The van der Waals surface area contributed by atoms with E-state index in [0.29, 0.717) is 12.0 Å². The number of nitrogens with zero attached hydrogens (tertiary/aromatic N) is 1. The minimum atomic E-state index is -0.431. The van der Waals surface area contributed by atoms with Crippen molar-refractivity contribution in [1.82, 2.24) is 0 Å². The average Bonchev–Trinajstić information content (AvgIpc) is 2.43. The van der Waals surface area contributed by atoms with Gasteiger partial charge in [0.2, 0.25) is 0 Å². The molecule has 104 valence electrons. The van der Waals surface area contributed by atoms with E-state index in [-0.39, 0.29) is 5.57 Å². The third-order valence-corrected chi connectivity index (χ3v) is 4.77. The fraction of sp³-hybridized carbons (Fsp3) is 0.750. The second-order valence-corrected chi connectivity index (χ2v) is 5.87. The van der Waals surface area contributed by atoms with Crippen LogP contribution in [0.2, 0.25) is 0 Å². The van der Waals surface area contributed by atoms with Gasteiger partial charge >= 0.3 is 5.97 Å². The van der Waals surface area contributed by atoms with E-state index in [2.05, 4.69) is 6.07 Å². The zero-order valence-corrected chi connectivity index (χ0v) is 11.8. The van der Waals surface area contributed by atoms with Crippen LogP contribution < -0.4 is 0 Å². The summed E-state index contributed by atoms with van der Waals surface area (Å²) in [7, 11) is 0. The fourth-order valence-electron chi connectivity index (χ4n) is 3.61. The van der Waals surface area contributed by atoms with E-state index in [1.54, 1.807) is 6.92 Å². The standard InChI is InChI=1S/C16H23NO2/c1-2-19-15(18)14(12-17)13-6-10-16(11-7-13)8-4-3-5-9-16/h2-11H2,1H3. The maximum atomic E-state index is 11.7. The summed E-state index contributed by atoms with van der Waals surface area (Å²) in [6.07, 6.45) is 10.8. The van der Waals surface area contributed by atoms with Crippen LogP contribution >= 0.6 is 0 Å². The summed E-state index contributed by atoms with van der Waals surface area (Å²) in [5.41, 5.74) is 1.81. The highest BCUT2D eigenvalue weighted by Crippen LogP contribution is 2.49. The molecule has 0 unspecified atom stereocenters. The number of rotatable bonds is 2. The van der Waals surface area contributed by atoms with Gasteiger partial charge in [-0.05, 0) is 56.4 Å². The van der Waals surface area contributed by atoms with Gasteiger partial charge in [0.25, 0.3) is 0 Å². The van der Waals surface area contributed by atoms with Crippen LogP contribution in [0.3, 0.4) is 0 Å². The Hall–Kier alpha value is -1.30. The van der Waals surface area contributed by atoms with Gasteiger partial charge in [-0.15, -0.1) is 0 Å². The van der Waals surface area contributed by atoms with E-state index in [9.17, 15) is 4.79 Å². The van der Waals surface area contributed by atoms with Crippen LogP contribution in [0.4, 0.5) is 0 Å². The van der Waals surface area contributed by atoms with Gasteiger partial charge in [-0.1, -0.05) is 19.3 Å². The van der Waals surface area contributed by atoms with Gasteiger partial charge in [-0.3, -0.25) is 0 Å². The molecule has 0 aromatic heterocycles. The molecule has 0 amide bonds. The monoisotopic (exact) mass is 261 g/mol. The van der Waals surface area contributed by atoms with Crippen molar-refractivity contribution in [3.05, 3.63) is 11.1 Å². The van der Waals surface area contributed by atoms with Gasteiger partial charge in [-0.25, -0.2) is 4.79 Å². The highest BCUT2D eigenvalue weighted by molar-refractivity contribution is 5.93. The number of hydrogen-bond acceptors (Lipinski definition) is 3. The SMILES string of the molecule is CCOC(=O)C(C#N)=C1CCC2(CCCCC2)CC1. The van der Waals surface area contributed by atoms with Crippen LogP contribution in [0, 0.1) is 16.7 Å². The zero-order chi connectivity index (χ0) is 13.7. The lowest BCUT2D eigenvalue weighted by Gasteiger charge is -2.41. The van der Waals surface area contributed by atoms with Gasteiger partial charge in [0.1, 0.15) is 11.6 Å². The third kappa shape index (κ3) is 3.18. The summed E-state index contributed by atoms with van der Waals surface area (Å²) in [6, 6.07) is 2.05. The van der Waals surface area contributed by atoms with Gasteiger partial charge in [0.15, 0.2) is 0 Å². The molecule has 0 aromatic carbocycles. The lowest BCUT2D eigenvalue weighted by atomic mass is 9.64. The Morgan fingerprint density at radius 2 is 1.84 bits per heavy atom. The number of carbonyl (C=O) groups is 1. The van der Waals surface area contributed by atoms with Gasteiger partial charge in [-0.2, -0.15) is 5.26 Å². The molecule has 1 spiro atoms. The van der Waals surface area contributed by atoms with E-state index in [0.717, 1.165) is 31.3 Å². The minimum absolute atomic E-state index is 0.271. The first-order valence-electron chi connectivity index (χ1n) is 7.50. The first-order valence-corrected chi connectivity index (χ1v) is 7.50.